The number of halogens is 1. The number of ether oxygens (including phenoxy) is 1. The van der Waals surface area contributed by atoms with Crippen molar-refractivity contribution in [3.05, 3.63) is 30.1 Å². The van der Waals surface area contributed by atoms with Gasteiger partial charge in [0.1, 0.15) is 5.82 Å². The molecule has 0 N–H and O–H groups in total. The molecular formula is C19H26FN3O2. The molecule has 0 aromatic heterocycles. The van der Waals surface area contributed by atoms with Crippen molar-refractivity contribution in [3.63, 3.8) is 0 Å². The molecule has 6 heteroatoms. The molecule has 1 aromatic rings. The summed E-state index contributed by atoms with van der Waals surface area (Å²) >= 11 is 0. The summed E-state index contributed by atoms with van der Waals surface area (Å²) in [5.41, 5.74) is 1.08. The average Bonchev–Trinajstić information content (AvgIpc) is 3.48. The van der Waals surface area contributed by atoms with E-state index < -0.39 is 0 Å². The molecule has 0 unspecified atom stereocenters. The Morgan fingerprint density at radius 3 is 2.48 bits per heavy atom. The van der Waals surface area contributed by atoms with Gasteiger partial charge in [0.25, 0.3) is 0 Å². The van der Waals surface area contributed by atoms with Crippen molar-refractivity contribution in [1.82, 2.24) is 9.80 Å². The van der Waals surface area contributed by atoms with Gasteiger partial charge < -0.3 is 14.5 Å². The Morgan fingerprint density at radius 1 is 1.08 bits per heavy atom. The van der Waals surface area contributed by atoms with Gasteiger partial charge in [-0.1, -0.05) is 0 Å². The SMILES string of the molecule is O=C(C1CC1)N1CCO[C@H](CN2CCN(c3ccc(F)cc3)CC2)C1. The van der Waals surface area contributed by atoms with E-state index >= 15 is 0 Å². The molecule has 25 heavy (non-hydrogen) atoms. The number of nitrogens with zero attached hydrogens (tertiary/aromatic N) is 3. The number of hydrogen-bond acceptors (Lipinski definition) is 4. The molecule has 0 spiro atoms. The average molecular weight is 347 g/mol. The normalized spacial score (nSPS) is 25.2. The Hall–Kier alpha value is -1.66. The van der Waals surface area contributed by atoms with Gasteiger partial charge in [0.05, 0.1) is 12.7 Å². The van der Waals surface area contributed by atoms with E-state index in [1.807, 2.05) is 17.0 Å². The molecule has 1 aromatic carbocycles. The molecule has 1 atom stereocenters. The summed E-state index contributed by atoms with van der Waals surface area (Å²) in [4.78, 5) is 19.0. The lowest BCUT2D eigenvalue weighted by atomic mass is 10.2. The Morgan fingerprint density at radius 2 is 1.80 bits per heavy atom. The Kier molecular flexibility index (Phi) is 4.90. The van der Waals surface area contributed by atoms with Crippen molar-refractivity contribution in [3.8, 4) is 0 Å². The number of carbonyl (C=O) groups excluding carboxylic acids is 1. The zero-order valence-electron chi connectivity index (χ0n) is 14.6. The van der Waals surface area contributed by atoms with Crippen LogP contribution in [-0.2, 0) is 9.53 Å². The third kappa shape index (κ3) is 4.12. The summed E-state index contributed by atoms with van der Waals surface area (Å²) < 4.78 is 18.9. The number of carbonyl (C=O) groups is 1. The van der Waals surface area contributed by atoms with E-state index in [-0.39, 0.29) is 17.8 Å². The van der Waals surface area contributed by atoms with Crippen molar-refractivity contribution < 1.29 is 13.9 Å². The van der Waals surface area contributed by atoms with E-state index in [1.54, 1.807) is 0 Å². The van der Waals surface area contributed by atoms with Crippen LogP contribution in [0.3, 0.4) is 0 Å². The molecule has 4 rings (SSSR count). The molecule has 1 amide bonds. The smallest absolute Gasteiger partial charge is 0.225 e. The van der Waals surface area contributed by atoms with Gasteiger partial charge in [0, 0.05) is 57.4 Å². The molecule has 2 saturated heterocycles. The third-order valence-electron chi connectivity index (χ3n) is 5.40. The lowest BCUT2D eigenvalue weighted by molar-refractivity contribution is -0.140. The second kappa shape index (κ2) is 7.30. The van der Waals surface area contributed by atoms with Crippen LogP contribution in [0.1, 0.15) is 12.8 Å². The van der Waals surface area contributed by atoms with Crippen LogP contribution in [0.4, 0.5) is 10.1 Å². The number of hydrogen-bond donors (Lipinski definition) is 0. The van der Waals surface area contributed by atoms with Gasteiger partial charge in [0.15, 0.2) is 0 Å². The van der Waals surface area contributed by atoms with Gasteiger partial charge in [-0.2, -0.15) is 0 Å². The van der Waals surface area contributed by atoms with Gasteiger partial charge in [-0.3, -0.25) is 9.69 Å². The summed E-state index contributed by atoms with van der Waals surface area (Å²) in [5.74, 6) is 0.426. The highest BCUT2D eigenvalue weighted by molar-refractivity contribution is 5.81. The molecule has 1 saturated carbocycles. The lowest BCUT2D eigenvalue weighted by Gasteiger charge is -2.40. The molecule has 2 heterocycles. The van der Waals surface area contributed by atoms with Crippen molar-refractivity contribution >= 4 is 11.6 Å². The maximum Gasteiger partial charge on any atom is 0.225 e. The maximum absolute atomic E-state index is 13.0. The van der Waals surface area contributed by atoms with Crippen LogP contribution >= 0.6 is 0 Å². The van der Waals surface area contributed by atoms with Gasteiger partial charge in [-0.15, -0.1) is 0 Å². The summed E-state index contributed by atoms with van der Waals surface area (Å²) in [7, 11) is 0. The highest BCUT2D eigenvalue weighted by Gasteiger charge is 2.36. The summed E-state index contributed by atoms with van der Waals surface area (Å²) in [6.07, 6.45) is 2.24. The monoisotopic (exact) mass is 347 g/mol. The second-order valence-corrected chi connectivity index (χ2v) is 7.32. The standard InChI is InChI=1S/C19H26FN3O2/c20-16-3-5-17(6-4-16)22-9-7-21(8-10-22)13-18-14-23(11-12-25-18)19(24)15-1-2-15/h3-6,15,18H,1-2,7-14H2/t18-/m1/s1. The minimum atomic E-state index is -0.192. The maximum atomic E-state index is 13.0. The highest BCUT2D eigenvalue weighted by Crippen LogP contribution is 2.31. The first-order valence-corrected chi connectivity index (χ1v) is 9.32. The van der Waals surface area contributed by atoms with Crippen molar-refractivity contribution in [1.29, 1.82) is 0 Å². The minimum Gasteiger partial charge on any atom is -0.373 e. The van der Waals surface area contributed by atoms with E-state index in [0.29, 0.717) is 12.5 Å². The molecule has 0 bridgehead atoms. The van der Waals surface area contributed by atoms with Crippen molar-refractivity contribution in [2.24, 2.45) is 5.92 Å². The molecule has 5 nitrogen and oxygen atoms in total. The zero-order chi connectivity index (χ0) is 17.2. The molecule has 2 aliphatic heterocycles. The van der Waals surface area contributed by atoms with E-state index in [9.17, 15) is 9.18 Å². The van der Waals surface area contributed by atoms with Gasteiger partial charge in [-0.25, -0.2) is 4.39 Å². The van der Waals surface area contributed by atoms with Crippen LogP contribution in [0.2, 0.25) is 0 Å². The van der Waals surface area contributed by atoms with Crippen LogP contribution in [0.5, 0.6) is 0 Å². The van der Waals surface area contributed by atoms with Gasteiger partial charge in [0.2, 0.25) is 5.91 Å². The first kappa shape index (κ1) is 16.8. The van der Waals surface area contributed by atoms with E-state index in [0.717, 1.165) is 64.3 Å². The second-order valence-electron chi connectivity index (χ2n) is 7.32. The molecule has 3 fully saturated rings. The van der Waals surface area contributed by atoms with Crippen LogP contribution in [0.15, 0.2) is 24.3 Å². The summed E-state index contributed by atoms with van der Waals surface area (Å²) in [5, 5.41) is 0. The predicted molar refractivity (Wildman–Crippen MR) is 94.1 cm³/mol. The quantitative estimate of drug-likeness (QED) is 0.829. The van der Waals surface area contributed by atoms with Gasteiger partial charge >= 0.3 is 0 Å². The number of anilines is 1. The molecule has 1 aliphatic carbocycles. The molecule has 0 radical (unpaired) electrons. The number of piperazine rings is 1. The molecule has 136 valence electrons. The fourth-order valence-corrected chi connectivity index (χ4v) is 3.75. The summed E-state index contributed by atoms with van der Waals surface area (Å²) in [6, 6.07) is 6.72. The van der Waals surface area contributed by atoms with E-state index in [2.05, 4.69) is 9.80 Å². The third-order valence-corrected chi connectivity index (χ3v) is 5.40. The Bertz CT molecular complexity index is 597. The molecule has 3 aliphatic rings. The van der Waals surface area contributed by atoms with Crippen LogP contribution < -0.4 is 4.90 Å². The van der Waals surface area contributed by atoms with Crippen molar-refractivity contribution in [2.45, 2.75) is 18.9 Å². The lowest BCUT2D eigenvalue weighted by Crippen LogP contribution is -2.53. The van der Waals surface area contributed by atoms with Crippen LogP contribution in [0.25, 0.3) is 0 Å². The number of rotatable bonds is 4. The van der Waals surface area contributed by atoms with Gasteiger partial charge in [-0.05, 0) is 37.1 Å². The first-order valence-electron chi connectivity index (χ1n) is 9.32. The predicted octanol–water partition coefficient (Wildman–Crippen LogP) is 1.59. The number of amides is 1. The fourth-order valence-electron chi connectivity index (χ4n) is 3.75. The van der Waals surface area contributed by atoms with Crippen LogP contribution in [-0.4, -0.2) is 74.2 Å². The number of benzene rings is 1. The highest BCUT2D eigenvalue weighted by atomic mass is 19.1. The Labute approximate surface area is 148 Å². The largest absolute Gasteiger partial charge is 0.373 e. The topological polar surface area (TPSA) is 36.0 Å². The zero-order valence-corrected chi connectivity index (χ0v) is 14.6. The Balaban J connectivity index is 1.25. The van der Waals surface area contributed by atoms with E-state index in [1.165, 1.54) is 12.1 Å². The number of morpholine rings is 1. The molecular weight excluding hydrogens is 321 g/mol. The fraction of sp³-hybridized carbons (Fsp3) is 0.632. The summed E-state index contributed by atoms with van der Waals surface area (Å²) in [6.45, 7) is 6.80. The van der Waals surface area contributed by atoms with E-state index in [4.69, 9.17) is 4.74 Å². The van der Waals surface area contributed by atoms with Crippen molar-refractivity contribution in [2.75, 3.05) is 57.3 Å². The van der Waals surface area contributed by atoms with Crippen LogP contribution in [0, 0.1) is 11.7 Å². The first-order chi connectivity index (χ1) is 12.2. The minimum absolute atomic E-state index is 0.119.